The van der Waals surface area contributed by atoms with E-state index in [1.165, 1.54) is 18.5 Å². The number of ether oxygens (including phenoxy) is 1. The van der Waals surface area contributed by atoms with Crippen LogP contribution in [0.4, 0.5) is 16.0 Å². The number of hydrogen-bond acceptors (Lipinski definition) is 7. The summed E-state index contributed by atoms with van der Waals surface area (Å²) in [6.07, 6.45) is 3.53. The Morgan fingerprint density at radius 1 is 1.13 bits per heavy atom. The molecule has 5 N–H and O–H groups in total. The first kappa shape index (κ1) is 19.4. The van der Waals surface area contributed by atoms with E-state index in [1.807, 2.05) is 18.2 Å². The lowest BCUT2D eigenvalue weighted by atomic mass is 10.0. The number of rotatable bonds is 6. The van der Waals surface area contributed by atoms with E-state index in [1.54, 1.807) is 18.2 Å². The second-order valence-corrected chi connectivity index (χ2v) is 8.02. The van der Waals surface area contributed by atoms with Crippen molar-refractivity contribution >= 4 is 17.3 Å². The van der Waals surface area contributed by atoms with Crippen LogP contribution in [0.25, 0.3) is 0 Å². The minimum absolute atomic E-state index is 0.0690. The van der Waals surface area contributed by atoms with Crippen molar-refractivity contribution < 1.29 is 9.13 Å². The highest BCUT2D eigenvalue weighted by atomic mass is 19.1. The van der Waals surface area contributed by atoms with E-state index in [2.05, 4.69) is 20.6 Å². The fourth-order valence-electron chi connectivity index (χ4n) is 4.46. The van der Waals surface area contributed by atoms with Crippen LogP contribution in [0.5, 0.6) is 11.5 Å². The van der Waals surface area contributed by atoms with Gasteiger partial charge in [0, 0.05) is 23.7 Å². The minimum atomic E-state index is -0.575. The number of nitrogens with two attached hydrogens (primary N) is 1. The fraction of sp³-hybridized carbons (Fsp3) is 0.261. The number of nitrogens with one attached hydrogen (secondary N) is 3. The average molecular weight is 418 g/mol. The summed E-state index contributed by atoms with van der Waals surface area (Å²) in [5.74, 6) is 1.64. The van der Waals surface area contributed by atoms with Crippen molar-refractivity contribution in [2.45, 2.75) is 24.9 Å². The molecule has 2 heterocycles. The van der Waals surface area contributed by atoms with Gasteiger partial charge in [0.15, 0.2) is 0 Å². The summed E-state index contributed by atoms with van der Waals surface area (Å²) in [6, 6.07) is 14.1. The van der Waals surface area contributed by atoms with Crippen LogP contribution in [0.15, 0.2) is 54.9 Å². The zero-order chi connectivity index (χ0) is 21.4. The first-order valence-electron chi connectivity index (χ1n) is 10.3. The molecule has 2 aromatic carbocycles. The van der Waals surface area contributed by atoms with Crippen LogP contribution in [-0.4, -0.2) is 34.3 Å². The molecule has 5 rings (SSSR count). The SMILES string of the molecule is N=C(c1ccc(Oc2ccccc2)cc1F)c1c(N)ncnc1NC1CC2CNC1C2. The van der Waals surface area contributed by atoms with Gasteiger partial charge in [0.05, 0.1) is 11.3 Å². The summed E-state index contributed by atoms with van der Waals surface area (Å²) in [6.45, 7) is 1.04. The van der Waals surface area contributed by atoms with Crippen LogP contribution in [-0.2, 0) is 0 Å². The molecule has 1 aromatic heterocycles. The van der Waals surface area contributed by atoms with Gasteiger partial charge in [-0.05, 0) is 49.6 Å². The van der Waals surface area contributed by atoms with Crippen LogP contribution in [0.2, 0.25) is 0 Å². The quantitative estimate of drug-likeness (QED) is 0.456. The van der Waals surface area contributed by atoms with Crippen molar-refractivity contribution in [3.63, 3.8) is 0 Å². The molecule has 0 amide bonds. The van der Waals surface area contributed by atoms with Crippen molar-refractivity contribution in [3.05, 3.63) is 71.8 Å². The zero-order valence-electron chi connectivity index (χ0n) is 16.8. The lowest BCUT2D eigenvalue weighted by Crippen LogP contribution is -2.41. The number of benzene rings is 2. The van der Waals surface area contributed by atoms with Crippen LogP contribution >= 0.6 is 0 Å². The maximum atomic E-state index is 14.9. The van der Waals surface area contributed by atoms with Gasteiger partial charge in [0.1, 0.15) is 35.3 Å². The van der Waals surface area contributed by atoms with Crippen molar-refractivity contribution in [1.29, 1.82) is 5.41 Å². The third-order valence-electron chi connectivity index (χ3n) is 5.97. The zero-order valence-corrected chi connectivity index (χ0v) is 16.8. The van der Waals surface area contributed by atoms with Gasteiger partial charge in [-0.2, -0.15) is 0 Å². The van der Waals surface area contributed by atoms with Crippen LogP contribution in [0.3, 0.4) is 0 Å². The molecule has 3 aromatic rings. The molecular formula is C23H23FN6O. The second-order valence-electron chi connectivity index (χ2n) is 8.02. The summed E-state index contributed by atoms with van der Waals surface area (Å²) < 4.78 is 20.6. The Kier molecular flexibility index (Phi) is 4.99. The van der Waals surface area contributed by atoms with E-state index >= 15 is 0 Å². The summed E-state index contributed by atoms with van der Waals surface area (Å²) in [4.78, 5) is 8.35. The number of fused-ring (bicyclic) bond motifs is 2. The third kappa shape index (κ3) is 3.82. The Hall–Kier alpha value is -3.52. The minimum Gasteiger partial charge on any atom is -0.457 e. The number of nitrogen functional groups attached to an aromatic ring is 1. The molecular weight excluding hydrogens is 395 g/mol. The van der Waals surface area contributed by atoms with E-state index in [-0.39, 0.29) is 23.1 Å². The van der Waals surface area contributed by atoms with Crippen molar-refractivity contribution in [2.75, 3.05) is 17.6 Å². The summed E-state index contributed by atoms with van der Waals surface area (Å²) in [7, 11) is 0. The first-order chi connectivity index (χ1) is 15.1. The molecule has 1 aliphatic heterocycles. The van der Waals surface area contributed by atoms with Crippen LogP contribution in [0, 0.1) is 17.1 Å². The van der Waals surface area contributed by atoms with Crippen molar-refractivity contribution in [2.24, 2.45) is 5.92 Å². The Morgan fingerprint density at radius 2 is 1.97 bits per heavy atom. The summed E-state index contributed by atoms with van der Waals surface area (Å²) >= 11 is 0. The van der Waals surface area contributed by atoms with Gasteiger partial charge in [0.2, 0.25) is 0 Å². The number of nitrogens with zero attached hydrogens (tertiary/aromatic N) is 2. The summed E-state index contributed by atoms with van der Waals surface area (Å²) in [5.41, 5.74) is 6.44. The van der Waals surface area contributed by atoms with E-state index < -0.39 is 5.82 Å². The maximum absolute atomic E-state index is 14.9. The highest BCUT2D eigenvalue weighted by molar-refractivity contribution is 6.16. The normalized spacial score (nSPS) is 21.8. The van der Waals surface area contributed by atoms with Crippen LogP contribution in [0.1, 0.15) is 24.0 Å². The molecule has 158 valence electrons. The number of piperidine rings is 1. The molecule has 0 spiro atoms. The van der Waals surface area contributed by atoms with E-state index in [9.17, 15) is 4.39 Å². The van der Waals surface area contributed by atoms with Gasteiger partial charge in [-0.3, -0.25) is 5.41 Å². The molecule has 2 aliphatic rings. The molecule has 1 aliphatic carbocycles. The standard InChI is InChI=1S/C23H23FN6O/c24-17-10-15(31-14-4-2-1-3-5-14)6-7-16(17)21(25)20-22(26)28-12-29-23(20)30-19-9-13-8-18(19)27-11-13/h1-7,10,12-13,18-19,25,27H,8-9,11H2,(H3,26,28,29,30). The molecule has 3 atom stereocenters. The Bertz CT molecular complexity index is 1120. The van der Waals surface area contributed by atoms with Crippen LogP contribution < -0.4 is 21.1 Å². The highest BCUT2D eigenvalue weighted by Crippen LogP contribution is 2.34. The number of anilines is 2. The van der Waals surface area contributed by atoms with Gasteiger partial charge >= 0.3 is 0 Å². The summed E-state index contributed by atoms with van der Waals surface area (Å²) in [5, 5.41) is 15.6. The molecule has 31 heavy (non-hydrogen) atoms. The van der Waals surface area contributed by atoms with Gasteiger partial charge < -0.3 is 21.1 Å². The topological polar surface area (TPSA) is 109 Å². The van der Waals surface area contributed by atoms with Crippen molar-refractivity contribution in [1.82, 2.24) is 15.3 Å². The average Bonchev–Trinajstić information content (AvgIpc) is 3.38. The number of hydrogen-bond donors (Lipinski definition) is 4. The Balaban J connectivity index is 1.41. The number of halogens is 1. The third-order valence-corrected chi connectivity index (χ3v) is 5.97. The monoisotopic (exact) mass is 418 g/mol. The molecule has 2 fully saturated rings. The number of aromatic nitrogens is 2. The molecule has 1 saturated heterocycles. The predicted molar refractivity (Wildman–Crippen MR) is 117 cm³/mol. The molecule has 3 unspecified atom stereocenters. The Labute approximate surface area is 179 Å². The fourth-order valence-corrected chi connectivity index (χ4v) is 4.46. The number of para-hydroxylation sites is 1. The predicted octanol–water partition coefficient (Wildman–Crippen LogP) is 3.57. The molecule has 0 radical (unpaired) electrons. The molecule has 2 bridgehead atoms. The lowest BCUT2D eigenvalue weighted by molar-refractivity contribution is 0.465. The van der Waals surface area contributed by atoms with Crippen molar-refractivity contribution in [3.8, 4) is 11.5 Å². The van der Waals surface area contributed by atoms with Gasteiger partial charge in [-0.15, -0.1) is 0 Å². The highest BCUT2D eigenvalue weighted by Gasteiger charge is 2.40. The molecule has 8 heteroatoms. The molecule has 7 nitrogen and oxygen atoms in total. The van der Waals surface area contributed by atoms with E-state index in [0.717, 1.165) is 19.4 Å². The van der Waals surface area contributed by atoms with E-state index in [0.29, 0.717) is 34.8 Å². The lowest BCUT2D eigenvalue weighted by Gasteiger charge is -2.25. The second kappa shape index (κ2) is 7.96. The first-order valence-corrected chi connectivity index (χ1v) is 10.3. The van der Waals surface area contributed by atoms with E-state index in [4.69, 9.17) is 15.9 Å². The van der Waals surface area contributed by atoms with Gasteiger partial charge in [-0.1, -0.05) is 18.2 Å². The largest absolute Gasteiger partial charge is 0.457 e. The van der Waals surface area contributed by atoms with Gasteiger partial charge in [-0.25, -0.2) is 14.4 Å². The smallest absolute Gasteiger partial charge is 0.141 e. The molecule has 1 saturated carbocycles. The maximum Gasteiger partial charge on any atom is 0.141 e. The van der Waals surface area contributed by atoms with Gasteiger partial charge in [0.25, 0.3) is 0 Å². The Morgan fingerprint density at radius 3 is 2.68 bits per heavy atom.